The quantitative estimate of drug-likeness (QED) is 0.701. The van der Waals surface area contributed by atoms with Gasteiger partial charge in [-0.2, -0.15) is 0 Å². The molecule has 0 bridgehead atoms. The second-order valence-corrected chi connectivity index (χ2v) is 3.87. The Morgan fingerprint density at radius 2 is 2.14 bits per heavy atom. The number of rotatable bonds is 6. The fraction of sp³-hybridized carbons (Fsp3) is 0.417. The van der Waals surface area contributed by atoms with Crippen LogP contribution in [0.25, 0.3) is 0 Å². The van der Waals surface area contributed by atoms with Crippen molar-refractivity contribution in [2.75, 3.05) is 20.8 Å². The number of hydrogen-bond donors (Lipinski definition) is 0. The molecule has 9 heteroatoms. The Balaban J connectivity index is 2.31. The second-order valence-electron chi connectivity index (χ2n) is 3.87. The van der Waals surface area contributed by atoms with Crippen LogP contribution >= 0.6 is 0 Å². The first kappa shape index (κ1) is 14.7. The molecule has 0 aliphatic carbocycles. The smallest absolute Gasteiger partial charge is 0.378 e. The summed E-state index contributed by atoms with van der Waals surface area (Å²) < 4.78 is 16.7. The van der Waals surface area contributed by atoms with Crippen LogP contribution in [0.4, 0.5) is 0 Å². The Morgan fingerprint density at radius 3 is 2.81 bits per heavy atom. The molecule has 0 N–H and O–H groups in total. The first-order chi connectivity index (χ1) is 10.2. The highest BCUT2D eigenvalue weighted by Gasteiger charge is 2.19. The zero-order valence-electron chi connectivity index (χ0n) is 11.9. The van der Waals surface area contributed by atoms with Gasteiger partial charge in [0.25, 0.3) is 5.82 Å². The number of tetrazole rings is 1. The van der Waals surface area contributed by atoms with Gasteiger partial charge in [-0.25, -0.2) is 9.48 Å². The molecule has 0 amide bonds. The molecule has 0 unspecified atom stereocenters. The number of carbonyl (C=O) groups is 1. The van der Waals surface area contributed by atoms with E-state index in [0.717, 1.165) is 0 Å². The molecule has 2 aromatic rings. The van der Waals surface area contributed by atoms with E-state index in [1.807, 2.05) is 0 Å². The highest BCUT2D eigenvalue weighted by Crippen LogP contribution is 2.29. The molecular weight excluding hydrogens is 278 g/mol. The minimum absolute atomic E-state index is 0.00326. The molecule has 112 valence electrons. The highest BCUT2D eigenvalue weighted by molar-refractivity contribution is 5.85. The first-order valence-electron chi connectivity index (χ1n) is 6.20. The zero-order valence-corrected chi connectivity index (χ0v) is 11.9. The number of esters is 1. The van der Waals surface area contributed by atoms with Crippen LogP contribution in [-0.2, 0) is 11.3 Å². The predicted molar refractivity (Wildman–Crippen MR) is 70.2 cm³/mol. The lowest BCUT2D eigenvalue weighted by Crippen LogP contribution is -2.16. The standard InChI is InChI=1S/C12H15N5O4/c1-4-21-12(18)11-14-15-16-17(11)7-8-10(20-3)9(19-2)5-6-13-8/h5-6H,4,7H2,1-3H3. The molecule has 2 rings (SSSR count). The zero-order chi connectivity index (χ0) is 15.2. The fourth-order valence-corrected chi connectivity index (χ4v) is 1.76. The molecule has 2 heterocycles. The molecule has 0 aliphatic rings. The highest BCUT2D eigenvalue weighted by atomic mass is 16.5. The van der Waals surface area contributed by atoms with Crippen LogP contribution in [0.15, 0.2) is 12.3 Å². The molecule has 0 spiro atoms. The summed E-state index contributed by atoms with van der Waals surface area (Å²) in [6, 6.07) is 1.67. The van der Waals surface area contributed by atoms with Crippen LogP contribution in [0.3, 0.4) is 0 Å². The van der Waals surface area contributed by atoms with Gasteiger partial charge in [-0.3, -0.25) is 4.98 Å². The third-order valence-electron chi connectivity index (χ3n) is 2.66. The van der Waals surface area contributed by atoms with Crippen LogP contribution < -0.4 is 9.47 Å². The van der Waals surface area contributed by atoms with Crippen molar-refractivity contribution < 1.29 is 19.0 Å². The van der Waals surface area contributed by atoms with Gasteiger partial charge in [0.15, 0.2) is 11.5 Å². The Kier molecular flexibility index (Phi) is 4.64. The minimum atomic E-state index is -0.593. The summed E-state index contributed by atoms with van der Waals surface area (Å²) in [7, 11) is 3.04. The maximum absolute atomic E-state index is 11.7. The second kappa shape index (κ2) is 6.64. The SMILES string of the molecule is CCOC(=O)c1nnnn1Cc1nccc(OC)c1OC. The molecule has 9 nitrogen and oxygen atoms in total. The van der Waals surface area contributed by atoms with Crippen molar-refractivity contribution in [3.63, 3.8) is 0 Å². The number of pyridine rings is 1. The van der Waals surface area contributed by atoms with Gasteiger partial charge in [-0.05, 0) is 17.4 Å². The van der Waals surface area contributed by atoms with Gasteiger partial charge in [0.1, 0.15) is 5.69 Å². The molecule has 0 radical (unpaired) electrons. The summed E-state index contributed by atoms with van der Waals surface area (Å²) in [5.41, 5.74) is 0.537. The van der Waals surface area contributed by atoms with Crippen LogP contribution in [-0.4, -0.2) is 52.0 Å². The molecule has 0 aliphatic heterocycles. The van der Waals surface area contributed by atoms with Gasteiger partial charge in [0.2, 0.25) is 0 Å². The fourth-order valence-electron chi connectivity index (χ4n) is 1.76. The maximum Gasteiger partial charge on any atom is 0.378 e. The number of aromatic nitrogens is 5. The lowest BCUT2D eigenvalue weighted by Gasteiger charge is -2.11. The van der Waals surface area contributed by atoms with Gasteiger partial charge in [-0.1, -0.05) is 0 Å². The first-order valence-corrected chi connectivity index (χ1v) is 6.20. The minimum Gasteiger partial charge on any atom is -0.493 e. The lowest BCUT2D eigenvalue weighted by molar-refractivity contribution is 0.0505. The largest absolute Gasteiger partial charge is 0.493 e. The van der Waals surface area contributed by atoms with E-state index < -0.39 is 5.97 Å². The Morgan fingerprint density at radius 1 is 1.33 bits per heavy atom. The average Bonchev–Trinajstić information content (AvgIpc) is 2.95. The summed E-state index contributed by atoms with van der Waals surface area (Å²) in [5, 5.41) is 10.9. The molecule has 0 aromatic carbocycles. The van der Waals surface area contributed by atoms with Crippen molar-refractivity contribution in [1.82, 2.24) is 25.2 Å². The molecule has 0 saturated carbocycles. The number of ether oxygens (including phenoxy) is 3. The Labute approximate surface area is 120 Å². The van der Waals surface area contributed by atoms with Gasteiger partial charge in [0, 0.05) is 12.3 Å². The van der Waals surface area contributed by atoms with E-state index in [-0.39, 0.29) is 19.0 Å². The summed E-state index contributed by atoms with van der Waals surface area (Å²) in [5.74, 6) is 0.409. The van der Waals surface area contributed by atoms with Crippen LogP contribution in [0, 0.1) is 0 Å². The number of methoxy groups -OCH3 is 2. The summed E-state index contributed by atoms with van der Waals surface area (Å²) >= 11 is 0. The number of carbonyl (C=O) groups excluding carboxylic acids is 1. The van der Waals surface area contributed by atoms with E-state index in [1.165, 1.54) is 18.9 Å². The summed E-state index contributed by atoms with van der Waals surface area (Å²) in [6.07, 6.45) is 1.57. The third kappa shape index (κ3) is 3.07. The Hall–Kier alpha value is -2.71. The van der Waals surface area contributed by atoms with Gasteiger partial charge < -0.3 is 14.2 Å². The molecule has 0 fully saturated rings. The van der Waals surface area contributed by atoms with Crippen LogP contribution in [0.5, 0.6) is 11.5 Å². The normalized spacial score (nSPS) is 10.2. The van der Waals surface area contributed by atoms with Crippen molar-refractivity contribution in [3.05, 3.63) is 23.8 Å². The molecule has 0 atom stereocenters. The Bertz CT molecular complexity index is 628. The van der Waals surface area contributed by atoms with Crippen molar-refractivity contribution >= 4 is 5.97 Å². The summed E-state index contributed by atoms with van der Waals surface area (Å²) in [4.78, 5) is 15.9. The van der Waals surface area contributed by atoms with Crippen molar-refractivity contribution in [2.45, 2.75) is 13.5 Å². The summed E-state index contributed by atoms with van der Waals surface area (Å²) in [6.45, 7) is 2.10. The van der Waals surface area contributed by atoms with Crippen molar-refractivity contribution in [1.29, 1.82) is 0 Å². The lowest BCUT2D eigenvalue weighted by atomic mass is 10.3. The third-order valence-corrected chi connectivity index (χ3v) is 2.66. The van der Waals surface area contributed by atoms with E-state index >= 15 is 0 Å². The van der Waals surface area contributed by atoms with E-state index in [4.69, 9.17) is 14.2 Å². The van der Waals surface area contributed by atoms with E-state index in [1.54, 1.807) is 19.2 Å². The predicted octanol–water partition coefficient (Wildman–Crippen LogP) is 0.310. The molecular formula is C12H15N5O4. The maximum atomic E-state index is 11.7. The average molecular weight is 293 g/mol. The number of nitrogens with zero attached hydrogens (tertiary/aromatic N) is 5. The van der Waals surface area contributed by atoms with E-state index in [9.17, 15) is 4.79 Å². The van der Waals surface area contributed by atoms with Crippen LogP contribution in [0.1, 0.15) is 23.2 Å². The van der Waals surface area contributed by atoms with Gasteiger partial charge in [0.05, 0.1) is 27.4 Å². The monoisotopic (exact) mass is 293 g/mol. The topological polar surface area (TPSA) is 101 Å². The van der Waals surface area contributed by atoms with E-state index in [0.29, 0.717) is 17.2 Å². The molecule has 21 heavy (non-hydrogen) atoms. The van der Waals surface area contributed by atoms with Gasteiger partial charge >= 0.3 is 5.97 Å². The van der Waals surface area contributed by atoms with Crippen LogP contribution in [0.2, 0.25) is 0 Å². The number of hydrogen-bond acceptors (Lipinski definition) is 8. The van der Waals surface area contributed by atoms with E-state index in [2.05, 4.69) is 20.5 Å². The van der Waals surface area contributed by atoms with Crippen molar-refractivity contribution in [2.24, 2.45) is 0 Å². The molecule has 2 aromatic heterocycles. The van der Waals surface area contributed by atoms with Crippen molar-refractivity contribution in [3.8, 4) is 11.5 Å². The molecule has 0 saturated heterocycles. The van der Waals surface area contributed by atoms with Gasteiger partial charge in [-0.15, -0.1) is 5.10 Å².